The molecule has 0 aliphatic carbocycles. The van der Waals surface area contributed by atoms with Crippen LogP contribution in [0.3, 0.4) is 0 Å². The Morgan fingerprint density at radius 2 is 2.38 bits per heavy atom. The van der Waals surface area contributed by atoms with Gasteiger partial charge < -0.3 is 5.32 Å². The summed E-state index contributed by atoms with van der Waals surface area (Å²) < 4.78 is 0. The maximum atomic E-state index is 5.82. The van der Waals surface area contributed by atoms with Gasteiger partial charge in [-0.05, 0) is 12.3 Å². The van der Waals surface area contributed by atoms with E-state index in [0.717, 1.165) is 11.6 Å². The third-order valence-corrected chi connectivity index (χ3v) is 2.62. The van der Waals surface area contributed by atoms with Crippen molar-refractivity contribution >= 4 is 28.1 Å². The molecule has 5 heteroatoms. The molecule has 13 heavy (non-hydrogen) atoms. The van der Waals surface area contributed by atoms with Crippen LogP contribution in [-0.4, -0.2) is 22.1 Å². The van der Waals surface area contributed by atoms with Crippen LogP contribution in [0.15, 0.2) is 5.51 Å². The van der Waals surface area contributed by atoms with E-state index in [1.165, 1.54) is 11.3 Å². The van der Waals surface area contributed by atoms with Crippen LogP contribution in [0.25, 0.3) is 0 Å². The van der Waals surface area contributed by atoms with Crippen molar-refractivity contribution in [3.8, 4) is 0 Å². The molecule has 0 saturated carbocycles. The van der Waals surface area contributed by atoms with Crippen LogP contribution >= 0.6 is 22.9 Å². The molecule has 0 aromatic carbocycles. The monoisotopic (exact) mass is 219 g/mol. The Morgan fingerprint density at radius 1 is 1.62 bits per heavy atom. The maximum absolute atomic E-state index is 5.82. The van der Waals surface area contributed by atoms with Gasteiger partial charge in [-0.3, -0.25) is 0 Å². The first-order valence-corrected chi connectivity index (χ1v) is 5.72. The third-order valence-electron chi connectivity index (χ3n) is 1.63. The molecular weight excluding hydrogens is 206 g/mol. The Bertz CT molecular complexity index is 225. The second-order valence-corrected chi connectivity index (χ2v) is 4.51. The number of alkyl halides is 1. The van der Waals surface area contributed by atoms with Gasteiger partial charge in [-0.25, -0.2) is 0 Å². The first kappa shape index (κ1) is 10.7. The Kier molecular flexibility index (Phi) is 4.45. The number of hydrogen-bond acceptors (Lipinski definition) is 4. The van der Waals surface area contributed by atoms with Crippen LogP contribution in [0, 0.1) is 5.92 Å². The molecule has 1 atom stereocenters. The SMILES string of the molecule is CC(C)CC(CCl)Nc1nncs1. The van der Waals surface area contributed by atoms with Crippen molar-refractivity contribution in [3.05, 3.63) is 5.51 Å². The lowest BCUT2D eigenvalue weighted by molar-refractivity contribution is 0.542. The van der Waals surface area contributed by atoms with Crippen molar-refractivity contribution in [2.24, 2.45) is 5.92 Å². The van der Waals surface area contributed by atoms with Crippen LogP contribution in [0.5, 0.6) is 0 Å². The molecule has 74 valence electrons. The minimum absolute atomic E-state index is 0.301. The van der Waals surface area contributed by atoms with Crippen molar-refractivity contribution in [1.82, 2.24) is 10.2 Å². The molecule has 0 saturated heterocycles. The molecule has 1 aromatic heterocycles. The van der Waals surface area contributed by atoms with E-state index in [1.54, 1.807) is 5.51 Å². The standard InChI is InChI=1S/C8H14ClN3S/c1-6(2)3-7(4-9)11-8-12-10-5-13-8/h5-7H,3-4H2,1-2H3,(H,11,12). The van der Waals surface area contributed by atoms with Crippen LogP contribution in [0.2, 0.25) is 0 Å². The van der Waals surface area contributed by atoms with E-state index in [0.29, 0.717) is 17.8 Å². The highest BCUT2D eigenvalue weighted by Gasteiger charge is 2.10. The summed E-state index contributed by atoms with van der Waals surface area (Å²) in [6.07, 6.45) is 1.06. The fourth-order valence-electron chi connectivity index (χ4n) is 1.14. The second-order valence-electron chi connectivity index (χ2n) is 3.37. The normalized spacial score (nSPS) is 13.2. The molecule has 0 spiro atoms. The topological polar surface area (TPSA) is 37.8 Å². The molecule has 1 N–H and O–H groups in total. The fourth-order valence-corrected chi connectivity index (χ4v) is 1.87. The molecule has 0 fully saturated rings. The van der Waals surface area contributed by atoms with Gasteiger partial charge in [-0.15, -0.1) is 21.8 Å². The lowest BCUT2D eigenvalue weighted by Gasteiger charge is -2.16. The summed E-state index contributed by atoms with van der Waals surface area (Å²) in [5.41, 5.74) is 1.71. The van der Waals surface area contributed by atoms with Gasteiger partial charge >= 0.3 is 0 Å². The van der Waals surface area contributed by atoms with E-state index < -0.39 is 0 Å². The Labute approximate surface area is 87.5 Å². The van der Waals surface area contributed by atoms with Crippen LogP contribution in [0.1, 0.15) is 20.3 Å². The summed E-state index contributed by atoms with van der Waals surface area (Å²) in [6, 6.07) is 0.301. The van der Waals surface area contributed by atoms with Gasteiger partial charge in [-0.1, -0.05) is 25.2 Å². The van der Waals surface area contributed by atoms with Crippen molar-refractivity contribution < 1.29 is 0 Å². The second kappa shape index (κ2) is 5.40. The Balaban J connectivity index is 2.40. The molecule has 0 amide bonds. The minimum Gasteiger partial charge on any atom is -0.356 e. The molecule has 0 aliphatic heterocycles. The van der Waals surface area contributed by atoms with E-state index >= 15 is 0 Å². The highest BCUT2D eigenvalue weighted by molar-refractivity contribution is 7.13. The molecule has 1 unspecified atom stereocenters. The van der Waals surface area contributed by atoms with Crippen molar-refractivity contribution in [2.75, 3.05) is 11.2 Å². The molecule has 0 aliphatic rings. The van der Waals surface area contributed by atoms with E-state index in [-0.39, 0.29) is 0 Å². The number of nitrogens with one attached hydrogen (secondary N) is 1. The average Bonchev–Trinajstić information content (AvgIpc) is 2.55. The van der Waals surface area contributed by atoms with Gasteiger partial charge in [0.05, 0.1) is 0 Å². The molecular formula is C8H14ClN3S. The zero-order chi connectivity index (χ0) is 9.68. The van der Waals surface area contributed by atoms with Crippen LogP contribution in [0.4, 0.5) is 5.13 Å². The average molecular weight is 220 g/mol. The van der Waals surface area contributed by atoms with E-state index in [1.807, 2.05) is 0 Å². The summed E-state index contributed by atoms with van der Waals surface area (Å²) >= 11 is 7.32. The van der Waals surface area contributed by atoms with E-state index in [4.69, 9.17) is 11.6 Å². The maximum Gasteiger partial charge on any atom is 0.205 e. The van der Waals surface area contributed by atoms with Gasteiger partial charge in [0.25, 0.3) is 0 Å². The van der Waals surface area contributed by atoms with E-state index in [2.05, 4.69) is 29.4 Å². The first-order chi connectivity index (χ1) is 6.22. The molecule has 1 rings (SSSR count). The molecule has 1 aromatic rings. The number of nitrogens with zero attached hydrogens (tertiary/aromatic N) is 2. The summed E-state index contributed by atoms with van der Waals surface area (Å²) in [5, 5.41) is 11.8. The van der Waals surface area contributed by atoms with Crippen molar-refractivity contribution in [2.45, 2.75) is 26.3 Å². The Hall–Kier alpha value is -0.350. The van der Waals surface area contributed by atoms with Gasteiger partial charge in [0.15, 0.2) is 0 Å². The zero-order valence-corrected chi connectivity index (χ0v) is 9.40. The smallest absolute Gasteiger partial charge is 0.205 e. The summed E-state index contributed by atoms with van der Waals surface area (Å²) in [7, 11) is 0. The number of anilines is 1. The quantitative estimate of drug-likeness (QED) is 0.774. The lowest BCUT2D eigenvalue weighted by Crippen LogP contribution is -2.23. The summed E-state index contributed by atoms with van der Waals surface area (Å²) in [6.45, 7) is 4.36. The van der Waals surface area contributed by atoms with Crippen molar-refractivity contribution in [1.29, 1.82) is 0 Å². The zero-order valence-electron chi connectivity index (χ0n) is 7.83. The molecule has 3 nitrogen and oxygen atoms in total. The number of halogens is 1. The Morgan fingerprint density at radius 3 is 2.85 bits per heavy atom. The van der Waals surface area contributed by atoms with Gasteiger partial charge in [0, 0.05) is 11.9 Å². The lowest BCUT2D eigenvalue weighted by atomic mass is 10.1. The van der Waals surface area contributed by atoms with Gasteiger partial charge in [-0.2, -0.15) is 0 Å². The number of rotatable bonds is 5. The minimum atomic E-state index is 0.301. The highest BCUT2D eigenvalue weighted by Crippen LogP contribution is 2.14. The predicted octanol–water partition coefficient (Wildman–Crippen LogP) is 2.60. The van der Waals surface area contributed by atoms with E-state index in [9.17, 15) is 0 Å². The highest BCUT2D eigenvalue weighted by atomic mass is 35.5. The van der Waals surface area contributed by atoms with Gasteiger partial charge in [0.2, 0.25) is 5.13 Å². The third kappa shape index (κ3) is 3.91. The summed E-state index contributed by atoms with van der Waals surface area (Å²) in [4.78, 5) is 0. The number of hydrogen-bond donors (Lipinski definition) is 1. The molecule has 0 bridgehead atoms. The molecule has 0 radical (unpaired) electrons. The number of aromatic nitrogens is 2. The van der Waals surface area contributed by atoms with Crippen LogP contribution in [-0.2, 0) is 0 Å². The van der Waals surface area contributed by atoms with Crippen LogP contribution < -0.4 is 5.32 Å². The largest absolute Gasteiger partial charge is 0.356 e. The fraction of sp³-hybridized carbons (Fsp3) is 0.750. The van der Waals surface area contributed by atoms with Crippen molar-refractivity contribution in [3.63, 3.8) is 0 Å². The summed E-state index contributed by atoms with van der Waals surface area (Å²) in [5.74, 6) is 1.25. The van der Waals surface area contributed by atoms with Gasteiger partial charge in [0.1, 0.15) is 5.51 Å². The molecule has 1 heterocycles. The first-order valence-electron chi connectivity index (χ1n) is 4.31. The predicted molar refractivity (Wildman–Crippen MR) is 57.5 cm³/mol.